The van der Waals surface area contributed by atoms with Gasteiger partial charge in [0.25, 0.3) is 0 Å². The van der Waals surface area contributed by atoms with Crippen LogP contribution < -0.4 is 0 Å². The minimum Gasteiger partial charge on any atom is -0.396 e. The molecule has 0 heterocycles. The zero-order valence-electron chi connectivity index (χ0n) is 6.30. The highest BCUT2D eigenvalue weighted by molar-refractivity contribution is 4.85. The summed E-state index contributed by atoms with van der Waals surface area (Å²) in [4.78, 5) is 0. The molecule has 9 heavy (non-hydrogen) atoms. The molecule has 0 aliphatic heterocycles. The third-order valence-corrected chi connectivity index (χ3v) is 2.49. The zero-order chi connectivity index (χ0) is 6.85. The van der Waals surface area contributed by atoms with Gasteiger partial charge < -0.3 is 5.11 Å². The smallest absolute Gasteiger partial charge is 0.0433 e. The molecule has 1 fully saturated rings. The zero-order valence-corrected chi connectivity index (χ0v) is 6.30. The molecule has 1 aliphatic carbocycles. The summed E-state index contributed by atoms with van der Waals surface area (Å²) in [6, 6.07) is 0. The molecular weight excluding hydrogens is 112 g/mol. The summed E-state index contributed by atoms with van der Waals surface area (Å²) >= 11 is 0. The number of aliphatic hydroxyl groups is 1. The lowest BCUT2D eigenvalue weighted by Gasteiger charge is -2.06. The third-order valence-electron chi connectivity index (χ3n) is 2.49. The van der Waals surface area contributed by atoms with Crippen molar-refractivity contribution in [1.82, 2.24) is 0 Å². The highest BCUT2D eigenvalue weighted by atomic mass is 16.3. The summed E-state index contributed by atoms with van der Waals surface area (Å²) in [5.41, 5.74) is 0. The fraction of sp³-hybridized carbons (Fsp3) is 1.00. The van der Waals surface area contributed by atoms with Crippen molar-refractivity contribution in [2.75, 3.05) is 6.61 Å². The number of hydrogen-bond acceptors (Lipinski definition) is 1. The Hall–Kier alpha value is -0.0400. The SMILES string of the molecule is CC(CCO)C1CC1C. The molecule has 1 aliphatic rings. The Balaban J connectivity index is 2.11. The summed E-state index contributed by atoms with van der Waals surface area (Å²) in [5, 5.41) is 8.60. The average molecular weight is 128 g/mol. The Morgan fingerprint density at radius 2 is 2.22 bits per heavy atom. The fourth-order valence-electron chi connectivity index (χ4n) is 1.56. The van der Waals surface area contributed by atoms with E-state index >= 15 is 0 Å². The van der Waals surface area contributed by atoms with Crippen LogP contribution in [0.25, 0.3) is 0 Å². The van der Waals surface area contributed by atoms with E-state index in [1.165, 1.54) is 6.42 Å². The summed E-state index contributed by atoms with van der Waals surface area (Å²) in [5.74, 6) is 2.62. The van der Waals surface area contributed by atoms with Crippen LogP contribution in [0, 0.1) is 17.8 Å². The Bertz CT molecular complexity index is 90.6. The van der Waals surface area contributed by atoms with Crippen LogP contribution in [-0.4, -0.2) is 11.7 Å². The molecule has 1 saturated carbocycles. The predicted octanol–water partition coefficient (Wildman–Crippen LogP) is 1.66. The van der Waals surface area contributed by atoms with E-state index in [-0.39, 0.29) is 0 Å². The van der Waals surface area contributed by atoms with Crippen molar-refractivity contribution in [2.24, 2.45) is 17.8 Å². The maximum Gasteiger partial charge on any atom is 0.0433 e. The lowest BCUT2D eigenvalue weighted by Crippen LogP contribution is -2.00. The van der Waals surface area contributed by atoms with Gasteiger partial charge in [-0.25, -0.2) is 0 Å². The van der Waals surface area contributed by atoms with E-state index in [9.17, 15) is 0 Å². The standard InChI is InChI=1S/C8H16O/c1-6(3-4-9)8-5-7(8)2/h6-9H,3-5H2,1-2H3. The van der Waals surface area contributed by atoms with Crippen LogP contribution in [0.4, 0.5) is 0 Å². The van der Waals surface area contributed by atoms with Gasteiger partial charge in [0.15, 0.2) is 0 Å². The molecular formula is C8H16O. The molecule has 1 rings (SSSR count). The van der Waals surface area contributed by atoms with Gasteiger partial charge in [-0.05, 0) is 30.6 Å². The Kier molecular flexibility index (Phi) is 2.12. The van der Waals surface area contributed by atoms with Crippen LogP contribution >= 0.6 is 0 Å². The molecule has 0 aromatic carbocycles. The number of hydrogen-bond donors (Lipinski definition) is 1. The number of aliphatic hydroxyl groups excluding tert-OH is 1. The molecule has 1 heteroatoms. The molecule has 3 unspecified atom stereocenters. The minimum atomic E-state index is 0.365. The largest absolute Gasteiger partial charge is 0.396 e. The second kappa shape index (κ2) is 2.70. The van der Waals surface area contributed by atoms with Gasteiger partial charge in [-0.2, -0.15) is 0 Å². The molecule has 3 atom stereocenters. The Labute approximate surface area is 57.1 Å². The quantitative estimate of drug-likeness (QED) is 0.613. The van der Waals surface area contributed by atoms with Crippen LogP contribution in [0.1, 0.15) is 26.7 Å². The first-order chi connectivity index (χ1) is 4.25. The van der Waals surface area contributed by atoms with Gasteiger partial charge in [0.05, 0.1) is 0 Å². The van der Waals surface area contributed by atoms with Crippen LogP contribution in [-0.2, 0) is 0 Å². The van der Waals surface area contributed by atoms with Gasteiger partial charge in [0, 0.05) is 6.61 Å². The summed E-state index contributed by atoms with van der Waals surface area (Å²) in [6.07, 6.45) is 2.39. The van der Waals surface area contributed by atoms with Gasteiger partial charge in [-0.3, -0.25) is 0 Å². The molecule has 0 saturated heterocycles. The van der Waals surface area contributed by atoms with Crippen molar-refractivity contribution in [3.63, 3.8) is 0 Å². The number of rotatable bonds is 3. The van der Waals surface area contributed by atoms with Crippen molar-refractivity contribution in [2.45, 2.75) is 26.7 Å². The Morgan fingerprint density at radius 1 is 1.67 bits per heavy atom. The molecule has 0 aromatic heterocycles. The normalized spacial score (nSPS) is 36.3. The first kappa shape index (κ1) is 7.07. The van der Waals surface area contributed by atoms with E-state index in [1.54, 1.807) is 0 Å². The van der Waals surface area contributed by atoms with E-state index in [0.717, 1.165) is 24.2 Å². The lowest BCUT2D eigenvalue weighted by molar-refractivity contribution is 0.251. The molecule has 1 N–H and O–H groups in total. The minimum absolute atomic E-state index is 0.365. The molecule has 0 aromatic rings. The van der Waals surface area contributed by atoms with Crippen molar-refractivity contribution in [3.05, 3.63) is 0 Å². The fourth-order valence-corrected chi connectivity index (χ4v) is 1.56. The van der Waals surface area contributed by atoms with Crippen LogP contribution in [0.15, 0.2) is 0 Å². The van der Waals surface area contributed by atoms with E-state index in [2.05, 4.69) is 13.8 Å². The van der Waals surface area contributed by atoms with Crippen molar-refractivity contribution in [1.29, 1.82) is 0 Å². The van der Waals surface area contributed by atoms with Crippen molar-refractivity contribution in [3.8, 4) is 0 Å². The second-order valence-electron chi connectivity index (χ2n) is 3.37. The van der Waals surface area contributed by atoms with E-state index in [1.807, 2.05) is 0 Å². The van der Waals surface area contributed by atoms with Gasteiger partial charge in [0.1, 0.15) is 0 Å². The first-order valence-electron chi connectivity index (χ1n) is 3.86. The molecule has 0 bridgehead atoms. The molecule has 54 valence electrons. The van der Waals surface area contributed by atoms with Gasteiger partial charge in [-0.1, -0.05) is 13.8 Å². The second-order valence-corrected chi connectivity index (χ2v) is 3.37. The van der Waals surface area contributed by atoms with E-state index in [4.69, 9.17) is 5.11 Å². The average Bonchev–Trinajstić information content (AvgIpc) is 2.47. The van der Waals surface area contributed by atoms with E-state index < -0.39 is 0 Å². The molecule has 1 nitrogen and oxygen atoms in total. The summed E-state index contributed by atoms with van der Waals surface area (Å²) in [6.45, 7) is 4.90. The first-order valence-corrected chi connectivity index (χ1v) is 3.86. The van der Waals surface area contributed by atoms with E-state index in [0.29, 0.717) is 6.61 Å². The molecule has 0 spiro atoms. The van der Waals surface area contributed by atoms with Gasteiger partial charge in [0.2, 0.25) is 0 Å². The Morgan fingerprint density at radius 3 is 2.56 bits per heavy atom. The molecule has 0 radical (unpaired) electrons. The van der Waals surface area contributed by atoms with Crippen LogP contribution in [0.5, 0.6) is 0 Å². The third kappa shape index (κ3) is 1.68. The monoisotopic (exact) mass is 128 g/mol. The maximum atomic E-state index is 8.60. The summed E-state index contributed by atoms with van der Waals surface area (Å²) in [7, 11) is 0. The van der Waals surface area contributed by atoms with Crippen LogP contribution in [0.3, 0.4) is 0 Å². The summed E-state index contributed by atoms with van der Waals surface area (Å²) < 4.78 is 0. The lowest BCUT2D eigenvalue weighted by atomic mass is 10.0. The van der Waals surface area contributed by atoms with Crippen molar-refractivity contribution >= 4 is 0 Å². The maximum absolute atomic E-state index is 8.60. The molecule has 0 amide bonds. The highest BCUT2D eigenvalue weighted by Crippen LogP contribution is 2.44. The highest BCUT2D eigenvalue weighted by Gasteiger charge is 2.36. The predicted molar refractivity (Wildman–Crippen MR) is 38.1 cm³/mol. The topological polar surface area (TPSA) is 20.2 Å². The van der Waals surface area contributed by atoms with Crippen molar-refractivity contribution < 1.29 is 5.11 Å². The van der Waals surface area contributed by atoms with Gasteiger partial charge >= 0.3 is 0 Å². The van der Waals surface area contributed by atoms with Gasteiger partial charge in [-0.15, -0.1) is 0 Å². The van der Waals surface area contributed by atoms with Crippen LogP contribution in [0.2, 0.25) is 0 Å².